The van der Waals surface area contributed by atoms with Crippen LogP contribution >= 0.6 is 0 Å². The Bertz CT molecular complexity index is 998. The van der Waals surface area contributed by atoms with Gasteiger partial charge in [0.05, 0.1) is 5.92 Å². The lowest BCUT2D eigenvalue weighted by Gasteiger charge is -2.31. The number of aromatic nitrogens is 4. The van der Waals surface area contributed by atoms with Gasteiger partial charge in [-0.25, -0.2) is 0 Å². The molecular weight excluding hydrogens is 387 g/mol. The maximum Gasteiger partial charge on any atom is 0.453 e. The molecule has 0 atom stereocenters. The molecule has 0 spiro atoms. The first-order chi connectivity index (χ1) is 13.9. The number of hydrogen-bond acceptors (Lipinski definition) is 6. The van der Waals surface area contributed by atoms with Crippen molar-refractivity contribution in [3.63, 3.8) is 0 Å². The first-order valence-corrected chi connectivity index (χ1v) is 9.17. The van der Waals surface area contributed by atoms with Gasteiger partial charge >= 0.3 is 12.1 Å². The quantitative estimate of drug-likeness (QED) is 0.621. The van der Waals surface area contributed by atoms with Gasteiger partial charge in [-0.1, -0.05) is 30.3 Å². The average Bonchev–Trinajstić information content (AvgIpc) is 3.17. The summed E-state index contributed by atoms with van der Waals surface area (Å²) >= 11 is 0. The van der Waals surface area contributed by atoms with Gasteiger partial charge in [-0.15, -0.1) is 15.3 Å². The number of carbonyl (C=O) groups is 1. The fourth-order valence-electron chi connectivity index (χ4n) is 3.32. The SMILES string of the molecule is O=C(OCc1ccccc1)C1CCN(c2ccc3nnc(C(F)(F)F)n3n2)CC1. The van der Waals surface area contributed by atoms with Gasteiger partial charge in [0, 0.05) is 13.1 Å². The van der Waals surface area contributed by atoms with Gasteiger partial charge in [-0.3, -0.25) is 4.79 Å². The van der Waals surface area contributed by atoms with E-state index in [9.17, 15) is 18.0 Å². The molecule has 29 heavy (non-hydrogen) atoms. The lowest BCUT2D eigenvalue weighted by Crippen LogP contribution is -2.37. The number of ether oxygens (including phenoxy) is 1. The lowest BCUT2D eigenvalue weighted by atomic mass is 9.97. The molecule has 152 valence electrons. The Balaban J connectivity index is 1.38. The highest BCUT2D eigenvalue weighted by Crippen LogP contribution is 2.29. The van der Waals surface area contributed by atoms with Crippen LogP contribution in [0.15, 0.2) is 42.5 Å². The van der Waals surface area contributed by atoms with Crippen LogP contribution in [0.2, 0.25) is 0 Å². The van der Waals surface area contributed by atoms with Crippen LogP contribution in [0.3, 0.4) is 0 Å². The molecule has 1 aliphatic rings. The molecule has 0 bridgehead atoms. The van der Waals surface area contributed by atoms with Gasteiger partial charge in [0.15, 0.2) is 5.65 Å². The van der Waals surface area contributed by atoms with Crippen LogP contribution in [-0.2, 0) is 22.3 Å². The first kappa shape index (κ1) is 19.2. The van der Waals surface area contributed by atoms with Crippen LogP contribution in [0.25, 0.3) is 5.65 Å². The Labute approximate surface area is 164 Å². The van der Waals surface area contributed by atoms with Crippen molar-refractivity contribution in [1.82, 2.24) is 19.8 Å². The van der Waals surface area contributed by atoms with Crippen LogP contribution < -0.4 is 4.90 Å². The number of alkyl halides is 3. The fraction of sp³-hybridized carbons (Fsp3) is 0.368. The summed E-state index contributed by atoms with van der Waals surface area (Å²) in [5.41, 5.74) is 0.950. The van der Waals surface area contributed by atoms with Gasteiger partial charge in [-0.2, -0.15) is 17.7 Å². The maximum absolute atomic E-state index is 13.0. The zero-order valence-corrected chi connectivity index (χ0v) is 15.3. The predicted octanol–water partition coefficient (Wildman–Crippen LogP) is 3.10. The van der Waals surface area contributed by atoms with Crippen molar-refractivity contribution in [1.29, 1.82) is 0 Å². The second-order valence-corrected chi connectivity index (χ2v) is 6.84. The van der Waals surface area contributed by atoms with E-state index in [4.69, 9.17) is 4.74 Å². The molecule has 1 aliphatic heterocycles. The predicted molar refractivity (Wildman–Crippen MR) is 97.0 cm³/mol. The maximum atomic E-state index is 13.0. The van der Waals surface area contributed by atoms with Crippen LogP contribution in [0.4, 0.5) is 19.0 Å². The molecule has 10 heteroatoms. The van der Waals surface area contributed by atoms with E-state index in [1.807, 2.05) is 35.2 Å². The summed E-state index contributed by atoms with van der Waals surface area (Å²) in [5, 5.41) is 10.7. The minimum absolute atomic E-state index is 0.0282. The van der Waals surface area contributed by atoms with E-state index in [0.717, 1.165) is 5.56 Å². The van der Waals surface area contributed by atoms with Crippen molar-refractivity contribution in [3.05, 3.63) is 53.9 Å². The summed E-state index contributed by atoms with van der Waals surface area (Å²) in [6, 6.07) is 12.5. The van der Waals surface area contributed by atoms with Crippen LogP contribution in [0, 0.1) is 5.92 Å². The third-order valence-corrected chi connectivity index (χ3v) is 4.88. The number of benzene rings is 1. The van der Waals surface area contributed by atoms with Crippen molar-refractivity contribution >= 4 is 17.4 Å². The minimum atomic E-state index is -4.64. The van der Waals surface area contributed by atoms with E-state index >= 15 is 0 Å². The number of hydrogen-bond donors (Lipinski definition) is 0. The van der Waals surface area contributed by atoms with Crippen molar-refractivity contribution in [2.24, 2.45) is 5.92 Å². The standard InChI is InChI=1S/C19H18F3N5O2/c20-19(21,22)18-24-23-15-6-7-16(25-27(15)18)26-10-8-14(9-11-26)17(28)29-12-13-4-2-1-3-5-13/h1-7,14H,8-12H2. The van der Waals surface area contributed by atoms with Crippen LogP contribution in [0.1, 0.15) is 24.2 Å². The summed E-state index contributed by atoms with van der Waals surface area (Å²) in [6.07, 6.45) is -3.55. The number of anilines is 1. The largest absolute Gasteiger partial charge is 0.461 e. The molecule has 0 N–H and O–H groups in total. The monoisotopic (exact) mass is 405 g/mol. The molecule has 1 fully saturated rings. The van der Waals surface area contributed by atoms with Crippen molar-refractivity contribution < 1.29 is 22.7 Å². The van der Waals surface area contributed by atoms with E-state index in [1.165, 1.54) is 6.07 Å². The summed E-state index contributed by atoms with van der Waals surface area (Å²) < 4.78 is 45.2. The second kappa shape index (κ2) is 7.69. The Morgan fingerprint density at radius 2 is 1.79 bits per heavy atom. The normalized spacial score (nSPS) is 15.6. The molecule has 0 unspecified atom stereocenters. The van der Waals surface area contributed by atoms with Gasteiger partial charge < -0.3 is 9.64 Å². The Morgan fingerprint density at radius 3 is 2.48 bits per heavy atom. The summed E-state index contributed by atoms with van der Waals surface area (Å²) in [7, 11) is 0. The molecule has 1 aromatic carbocycles. The van der Waals surface area contributed by atoms with Crippen molar-refractivity contribution in [3.8, 4) is 0 Å². The first-order valence-electron chi connectivity index (χ1n) is 9.17. The molecule has 3 heterocycles. The molecule has 2 aromatic heterocycles. The number of fused-ring (bicyclic) bond motifs is 1. The van der Waals surface area contributed by atoms with Gasteiger partial charge in [0.1, 0.15) is 12.4 Å². The summed E-state index contributed by atoms with van der Waals surface area (Å²) in [5.74, 6) is -1.26. The van der Waals surface area contributed by atoms with Gasteiger partial charge in [0.2, 0.25) is 0 Å². The Kier molecular flexibility index (Phi) is 5.08. The topological polar surface area (TPSA) is 72.6 Å². The number of nitrogens with zero attached hydrogens (tertiary/aromatic N) is 5. The van der Waals surface area contributed by atoms with E-state index in [-0.39, 0.29) is 24.1 Å². The molecule has 3 aromatic rings. The lowest BCUT2D eigenvalue weighted by molar-refractivity contribution is -0.150. The molecule has 0 saturated carbocycles. The second-order valence-electron chi connectivity index (χ2n) is 6.84. The summed E-state index contributed by atoms with van der Waals surface area (Å²) in [6.45, 7) is 1.21. The third-order valence-electron chi connectivity index (χ3n) is 4.88. The third kappa shape index (κ3) is 4.15. The van der Waals surface area contributed by atoms with Crippen LogP contribution in [-0.4, -0.2) is 38.9 Å². The van der Waals surface area contributed by atoms with Crippen molar-refractivity contribution in [2.45, 2.75) is 25.6 Å². The zero-order chi connectivity index (χ0) is 20.4. The van der Waals surface area contributed by atoms with E-state index in [0.29, 0.717) is 36.3 Å². The number of esters is 1. The van der Waals surface area contributed by atoms with E-state index in [2.05, 4.69) is 15.3 Å². The number of halogens is 3. The van der Waals surface area contributed by atoms with Crippen molar-refractivity contribution in [2.75, 3.05) is 18.0 Å². The molecule has 1 saturated heterocycles. The van der Waals surface area contributed by atoms with Crippen LogP contribution in [0.5, 0.6) is 0 Å². The highest BCUT2D eigenvalue weighted by atomic mass is 19.4. The Hall–Kier alpha value is -3.17. The highest BCUT2D eigenvalue weighted by molar-refractivity contribution is 5.73. The number of piperidine rings is 1. The Morgan fingerprint density at radius 1 is 1.07 bits per heavy atom. The fourth-order valence-corrected chi connectivity index (χ4v) is 3.32. The molecule has 4 rings (SSSR count). The number of carbonyl (C=O) groups excluding carboxylic acids is 1. The smallest absolute Gasteiger partial charge is 0.453 e. The molecule has 0 amide bonds. The summed E-state index contributed by atoms with van der Waals surface area (Å²) in [4.78, 5) is 14.2. The zero-order valence-electron chi connectivity index (χ0n) is 15.3. The molecule has 0 aliphatic carbocycles. The van der Waals surface area contributed by atoms with Gasteiger partial charge in [0.25, 0.3) is 5.82 Å². The van der Waals surface area contributed by atoms with Gasteiger partial charge in [-0.05, 0) is 30.5 Å². The molecular formula is C19H18F3N5O2. The van der Waals surface area contributed by atoms with E-state index in [1.54, 1.807) is 6.07 Å². The molecule has 0 radical (unpaired) electrons. The average molecular weight is 405 g/mol. The van der Waals surface area contributed by atoms with E-state index < -0.39 is 12.0 Å². The highest BCUT2D eigenvalue weighted by Gasteiger charge is 2.38. The molecule has 7 nitrogen and oxygen atoms in total. The minimum Gasteiger partial charge on any atom is -0.461 e. The number of rotatable bonds is 4.